The Morgan fingerprint density at radius 3 is 2.67 bits per heavy atom. The fourth-order valence-corrected chi connectivity index (χ4v) is 2.85. The fraction of sp³-hybridized carbons (Fsp3) is 0.316. The van der Waals surface area contributed by atoms with E-state index >= 15 is 0 Å². The van der Waals surface area contributed by atoms with Crippen molar-refractivity contribution < 1.29 is 8.78 Å². The maximum Gasteiger partial charge on any atom is 0.191 e. The molecule has 0 aromatic heterocycles. The van der Waals surface area contributed by atoms with Crippen LogP contribution in [-0.4, -0.2) is 19.0 Å². The molecule has 1 aliphatic carbocycles. The van der Waals surface area contributed by atoms with Crippen molar-refractivity contribution in [3.8, 4) is 0 Å². The summed E-state index contributed by atoms with van der Waals surface area (Å²) in [4.78, 5) is 4.20. The van der Waals surface area contributed by atoms with Crippen LogP contribution in [0.1, 0.15) is 29.0 Å². The minimum absolute atomic E-state index is 0.156. The quantitative estimate of drug-likeness (QED) is 0.665. The summed E-state index contributed by atoms with van der Waals surface area (Å²) in [5.74, 6) is 0.488. The van der Waals surface area contributed by atoms with Gasteiger partial charge in [-0.2, -0.15) is 0 Å². The topological polar surface area (TPSA) is 36.4 Å². The lowest BCUT2D eigenvalue weighted by Crippen LogP contribution is -2.38. The first-order valence-corrected chi connectivity index (χ1v) is 8.05. The second-order valence-corrected chi connectivity index (χ2v) is 6.12. The number of guanidine groups is 1. The van der Waals surface area contributed by atoms with E-state index in [-0.39, 0.29) is 23.6 Å². The Morgan fingerprint density at radius 2 is 1.96 bits per heavy atom. The Balaban J connectivity index is 1.55. The first kappa shape index (κ1) is 16.4. The average Bonchev–Trinajstić information content (AvgIpc) is 3.34. The number of aryl methyl sites for hydroxylation is 1. The first-order valence-electron chi connectivity index (χ1n) is 8.05. The van der Waals surface area contributed by atoms with Gasteiger partial charge in [0.15, 0.2) is 5.96 Å². The minimum Gasteiger partial charge on any atom is -0.353 e. The van der Waals surface area contributed by atoms with Crippen molar-refractivity contribution in [2.75, 3.05) is 7.05 Å². The predicted octanol–water partition coefficient (Wildman–Crippen LogP) is 3.49. The molecule has 2 aromatic carbocycles. The van der Waals surface area contributed by atoms with Crippen LogP contribution in [-0.2, 0) is 6.54 Å². The maximum atomic E-state index is 13.8. The zero-order chi connectivity index (χ0) is 17.1. The molecule has 126 valence electrons. The summed E-state index contributed by atoms with van der Waals surface area (Å²) < 4.78 is 27.1. The zero-order valence-electron chi connectivity index (χ0n) is 13.8. The van der Waals surface area contributed by atoms with Gasteiger partial charge in [-0.25, -0.2) is 8.78 Å². The molecule has 1 saturated carbocycles. The summed E-state index contributed by atoms with van der Waals surface area (Å²) in [5.41, 5.74) is 2.36. The number of hydrogen-bond donors (Lipinski definition) is 2. The van der Waals surface area contributed by atoms with Gasteiger partial charge in [0, 0.05) is 25.6 Å². The van der Waals surface area contributed by atoms with Gasteiger partial charge in [0.05, 0.1) is 0 Å². The van der Waals surface area contributed by atoms with Crippen molar-refractivity contribution in [2.24, 2.45) is 4.99 Å². The van der Waals surface area contributed by atoms with Crippen LogP contribution in [0.15, 0.2) is 47.5 Å². The lowest BCUT2D eigenvalue weighted by molar-refractivity contribution is 0.607. The van der Waals surface area contributed by atoms with Crippen molar-refractivity contribution in [1.29, 1.82) is 0 Å². The molecule has 0 bridgehead atoms. The van der Waals surface area contributed by atoms with E-state index < -0.39 is 0 Å². The van der Waals surface area contributed by atoms with Crippen LogP contribution in [0.25, 0.3) is 0 Å². The van der Waals surface area contributed by atoms with E-state index in [0.717, 1.165) is 17.5 Å². The number of nitrogens with one attached hydrogen (secondary N) is 2. The third-order valence-corrected chi connectivity index (χ3v) is 4.32. The van der Waals surface area contributed by atoms with Gasteiger partial charge in [0.25, 0.3) is 0 Å². The molecule has 24 heavy (non-hydrogen) atoms. The third kappa shape index (κ3) is 3.72. The highest BCUT2D eigenvalue weighted by atomic mass is 19.1. The number of hydrogen-bond acceptors (Lipinski definition) is 1. The maximum absolute atomic E-state index is 13.8. The van der Waals surface area contributed by atoms with Crippen molar-refractivity contribution in [3.63, 3.8) is 0 Å². The van der Waals surface area contributed by atoms with Gasteiger partial charge in [0.1, 0.15) is 11.6 Å². The lowest BCUT2D eigenvalue weighted by Gasteiger charge is -2.12. The molecule has 0 spiro atoms. The van der Waals surface area contributed by atoms with Crippen LogP contribution in [0.5, 0.6) is 0 Å². The number of halogens is 2. The monoisotopic (exact) mass is 329 g/mol. The minimum atomic E-state index is -0.202. The van der Waals surface area contributed by atoms with E-state index in [0.29, 0.717) is 18.1 Å². The molecular formula is C19H21F2N3. The second-order valence-electron chi connectivity index (χ2n) is 6.12. The summed E-state index contributed by atoms with van der Waals surface area (Å²) in [6.45, 7) is 2.30. The zero-order valence-corrected chi connectivity index (χ0v) is 13.8. The second kappa shape index (κ2) is 6.99. The first-order chi connectivity index (χ1) is 11.6. The highest BCUT2D eigenvalue weighted by Crippen LogP contribution is 2.41. The fourth-order valence-electron chi connectivity index (χ4n) is 2.85. The molecule has 0 aliphatic heterocycles. The summed E-state index contributed by atoms with van der Waals surface area (Å²) in [6.07, 6.45) is 0.886. The van der Waals surface area contributed by atoms with Crippen LogP contribution in [0.3, 0.4) is 0 Å². The molecule has 2 atom stereocenters. The molecule has 0 radical (unpaired) electrons. The summed E-state index contributed by atoms with van der Waals surface area (Å²) in [5, 5.41) is 6.52. The van der Waals surface area contributed by atoms with Gasteiger partial charge >= 0.3 is 0 Å². The molecular weight excluding hydrogens is 308 g/mol. The van der Waals surface area contributed by atoms with Crippen molar-refractivity contribution >= 4 is 5.96 Å². The van der Waals surface area contributed by atoms with E-state index in [9.17, 15) is 8.78 Å². The Labute approximate surface area is 140 Å². The summed E-state index contributed by atoms with van der Waals surface area (Å²) in [6, 6.07) is 12.1. The van der Waals surface area contributed by atoms with Crippen LogP contribution < -0.4 is 10.6 Å². The lowest BCUT2D eigenvalue weighted by atomic mass is 10.1. The number of benzene rings is 2. The van der Waals surface area contributed by atoms with E-state index in [2.05, 4.69) is 15.6 Å². The van der Waals surface area contributed by atoms with Gasteiger partial charge in [-0.3, -0.25) is 4.99 Å². The Kier molecular flexibility index (Phi) is 4.79. The van der Waals surface area contributed by atoms with Crippen LogP contribution in [0, 0.1) is 18.6 Å². The molecule has 3 rings (SSSR count). The van der Waals surface area contributed by atoms with Gasteiger partial charge in [-0.1, -0.05) is 30.3 Å². The third-order valence-electron chi connectivity index (χ3n) is 4.32. The van der Waals surface area contributed by atoms with Gasteiger partial charge in [-0.15, -0.1) is 0 Å². The Hall–Kier alpha value is -2.43. The van der Waals surface area contributed by atoms with Crippen molar-refractivity contribution in [3.05, 3.63) is 70.8 Å². The van der Waals surface area contributed by atoms with Crippen LogP contribution >= 0.6 is 0 Å². The molecule has 3 nitrogen and oxygen atoms in total. The van der Waals surface area contributed by atoms with E-state index in [4.69, 9.17) is 0 Å². The van der Waals surface area contributed by atoms with Gasteiger partial charge in [0.2, 0.25) is 0 Å². The molecule has 0 saturated heterocycles. The molecule has 2 unspecified atom stereocenters. The predicted molar refractivity (Wildman–Crippen MR) is 92.0 cm³/mol. The summed E-state index contributed by atoms with van der Waals surface area (Å²) in [7, 11) is 1.70. The van der Waals surface area contributed by atoms with Crippen molar-refractivity contribution in [1.82, 2.24) is 10.6 Å². The van der Waals surface area contributed by atoms with Crippen LogP contribution in [0.4, 0.5) is 8.78 Å². The largest absolute Gasteiger partial charge is 0.353 e. The SMILES string of the molecule is CN=C(NCc1ccc(F)c(C)c1)NC1CC1c1ccccc1F. The Morgan fingerprint density at radius 1 is 1.17 bits per heavy atom. The summed E-state index contributed by atoms with van der Waals surface area (Å²) >= 11 is 0. The normalized spacial score (nSPS) is 19.9. The van der Waals surface area contributed by atoms with E-state index in [1.807, 2.05) is 18.2 Å². The molecule has 5 heteroatoms. The van der Waals surface area contributed by atoms with Gasteiger partial charge < -0.3 is 10.6 Å². The smallest absolute Gasteiger partial charge is 0.191 e. The van der Waals surface area contributed by atoms with E-state index in [1.165, 1.54) is 12.1 Å². The molecule has 1 aliphatic rings. The van der Waals surface area contributed by atoms with E-state index in [1.54, 1.807) is 26.1 Å². The molecule has 2 aromatic rings. The Bertz CT molecular complexity index is 758. The molecule has 0 heterocycles. The standard InChI is InChI=1S/C19H21F2N3/c1-12-9-13(7-8-16(12)20)11-23-19(22-2)24-18-10-15(18)14-5-3-4-6-17(14)21/h3-9,15,18H,10-11H2,1-2H3,(H2,22,23,24). The van der Waals surface area contributed by atoms with Gasteiger partial charge in [-0.05, 0) is 42.2 Å². The molecule has 1 fully saturated rings. The molecule has 0 amide bonds. The highest BCUT2D eigenvalue weighted by molar-refractivity contribution is 5.80. The van der Waals surface area contributed by atoms with Crippen LogP contribution in [0.2, 0.25) is 0 Å². The highest BCUT2D eigenvalue weighted by Gasteiger charge is 2.40. The van der Waals surface area contributed by atoms with Crippen molar-refractivity contribution in [2.45, 2.75) is 31.8 Å². The number of nitrogens with zero attached hydrogens (tertiary/aromatic N) is 1. The average molecular weight is 329 g/mol. The number of rotatable bonds is 4. The molecule has 2 N–H and O–H groups in total. The number of aliphatic imine (C=N–C) groups is 1.